The molecule has 0 aromatic rings. The molecule has 0 spiro atoms. The van der Waals surface area contributed by atoms with Gasteiger partial charge in [0.05, 0.1) is 0 Å². The second-order valence-electron chi connectivity index (χ2n) is 5.84. The Morgan fingerprint density at radius 1 is 1.18 bits per heavy atom. The Balaban J connectivity index is 2.10. The number of hydrogen-bond acceptors (Lipinski definition) is 2. The Hall–Kier alpha value is -0.0800. The van der Waals surface area contributed by atoms with Crippen molar-refractivity contribution in [1.82, 2.24) is 10.2 Å². The summed E-state index contributed by atoms with van der Waals surface area (Å²) in [4.78, 5) is 2.66. The molecule has 1 aliphatic rings. The van der Waals surface area contributed by atoms with Crippen molar-refractivity contribution < 1.29 is 0 Å². The van der Waals surface area contributed by atoms with Crippen LogP contribution in [0.25, 0.3) is 0 Å². The lowest BCUT2D eigenvalue weighted by Gasteiger charge is -2.26. The molecular formula is C15H32N2. The molecule has 0 aliphatic carbocycles. The highest BCUT2D eigenvalue weighted by Gasteiger charge is 2.15. The maximum absolute atomic E-state index is 3.46. The molecule has 1 N–H and O–H groups in total. The standard InChI is InChI=1S/C15H32N2/c1-4-5-6-11-17(14(2)3)12-7-8-15-9-10-16-13-15/h14-16H,4-13H2,1-3H3. The van der Waals surface area contributed by atoms with Crippen molar-refractivity contribution in [2.75, 3.05) is 26.2 Å². The Labute approximate surface area is 108 Å². The van der Waals surface area contributed by atoms with Gasteiger partial charge in [0.25, 0.3) is 0 Å². The molecule has 0 amide bonds. The first-order chi connectivity index (χ1) is 8.24. The molecule has 0 radical (unpaired) electrons. The molecular weight excluding hydrogens is 208 g/mol. The molecule has 0 bridgehead atoms. The van der Waals surface area contributed by atoms with Crippen molar-refractivity contribution in [3.8, 4) is 0 Å². The third-order valence-electron chi connectivity index (χ3n) is 4.00. The fourth-order valence-electron chi connectivity index (χ4n) is 2.74. The summed E-state index contributed by atoms with van der Waals surface area (Å²) in [5.41, 5.74) is 0. The predicted octanol–water partition coefficient (Wildman–Crippen LogP) is 3.28. The quantitative estimate of drug-likeness (QED) is 0.622. The van der Waals surface area contributed by atoms with Crippen LogP contribution >= 0.6 is 0 Å². The van der Waals surface area contributed by atoms with E-state index in [4.69, 9.17) is 0 Å². The summed E-state index contributed by atoms with van der Waals surface area (Å²) in [6.07, 6.45) is 8.30. The van der Waals surface area contributed by atoms with Crippen LogP contribution in [0.4, 0.5) is 0 Å². The molecule has 1 rings (SSSR count). The number of rotatable bonds is 9. The van der Waals surface area contributed by atoms with Crippen LogP contribution in [-0.4, -0.2) is 37.1 Å². The Kier molecular flexibility index (Phi) is 7.87. The summed E-state index contributed by atoms with van der Waals surface area (Å²) in [6, 6.07) is 0.716. The van der Waals surface area contributed by atoms with E-state index in [0.717, 1.165) is 5.92 Å². The fraction of sp³-hybridized carbons (Fsp3) is 1.00. The van der Waals surface area contributed by atoms with Gasteiger partial charge in [-0.2, -0.15) is 0 Å². The lowest BCUT2D eigenvalue weighted by Crippen LogP contribution is -2.33. The molecule has 2 nitrogen and oxygen atoms in total. The van der Waals surface area contributed by atoms with Crippen molar-refractivity contribution in [3.05, 3.63) is 0 Å². The Morgan fingerprint density at radius 3 is 2.53 bits per heavy atom. The van der Waals surface area contributed by atoms with E-state index in [2.05, 4.69) is 31.0 Å². The fourth-order valence-corrected chi connectivity index (χ4v) is 2.74. The molecule has 102 valence electrons. The summed E-state index contributed by atoms with van der Waals surface area (Å²) in [7, 11) is 0. The minimum atomic E-state index is 0.716. The highest BCUT2D eigenvalue weighted by Crippen LogP contribution is 2.15. The van der Waals surface area contributed by atoms with Crippen molar-refractivity contribution in [2.24, 2.45) is 5.92 Å². The topological polar surface area (TPSA) is 15.3 Å². The highest BCUT2D eigenvalue weighted by atomic mass is 15.1. The average molecular weight is 240 g/mol. The first-order valence-electron chi connectivity index (χ1n) is 7.68. The van der Waals surface area contributed by atoms with E-state index in [1.54, 1.807) is 0 Å². The number of nitrogens with zero attached hydrogens (tertiary/aromatic N) is 1. The predicted molar refractivity (Wildman–Crippen MR) is 76.4 cm³/mol. The van der Waals surface area contributed by atoms with Crippen LogP contribution in [0.15, 0.2) is 0 Å². The Morgan fingerprint density at radius 2 is 1.94 bits per heavy atom. The molecule has 1 atom stereocenters. The molecule has 2 heteroatoms. The molecule has 1 heterocycles. The van der Waals surface area contributed by atoms with E-state index >= 15 is 0 Å². The minimum Gasteiger partial charge on any atom is -0.316 e. The van der Waals surface area contributed by atoms with E-state index in [1.165, 1.54) is 64.7 Å². The van der Waals surface area contributed by atoms with Gasteiger partial charge in [0, 0.05) is 6.04 Å². The molecule has 17 heavy (non-hydrogen) atoms. The molecule has 0 aromatic carbocycles. The smallest absolute Gasteiger partial charge is 0.00385 e. The maximum atomic E-state index is 3.46. The van der Waals surface area contributed by atoms with Gasteiger partial charge < -0.3 is 10.2 Å². The third kappa shape index (κ3) is 6.42. The van der Waals surface area contributed by atoms with Gasteiger partial charge in [0.2, 0.25) is 0 Å². The maximum Gasteiger partial charge on any atom is 0.00385 e. The summed E-state index contributed by atoms with van der Waals surface area (Å²) in [6.45, 7) is 12.1. The van der Waals surface area contributed by atoms with Gasteiger partial charge in [-0.25, -0.2) is 0 Å². The van der Waals surface area contributed by atoms with Crippen molar-refractivity contribution in [2.45, 2.75) is 65.3 Å². The van der Waals surface area contributed by atoms with Crippen LogP contribution in [-0.2, 0) is 0 Å². The van der Waals surface area contributed by atoms with Crippen molar-refractivity contribution in [1.29, 1.82) is 0 Å². The van der Waals surface area contributed by atoms with E-state index in [1.807, 2.05) is 0 Å². The van der Waals surface area contributed by atoms with Crippen LogP contribution < -0.4 is 5.32 Å². The van der Waals surface area contributed by atoms with E-state index in [-0.39, 0.29) is 0 Å². The van der Waals surface area contributed by atoms with Crippen LogP contribution in [0.1, 0.15) is 59.3 Å². The van der Waals surface area contributed by atoms with E-state index in [0.29, 0.717) is 6.04 Å². The van der Waals surface area contributed by atoms with Gasteiger partial charge in [0.1, 0.15) is 0 Å². The first-order valence-corrected chi connectivity index (χ1v) is 7.68. The molecule has 1 aliphatic heterocycles. The molecule has 0 saturated carbocycles. The van der Waals surface area contributed by atoms with Crippen LogP contribution in [0.3, 0.4) is 0 Å². The summed E-state index contributed by atoms with van der Waals surface area (Å²) in [5.74, 6) is 0.958. The van der Waals surface area contributed by atoms with Crippen molar-refractivity contribution in [3.63, 3.8) is 0 Å². The SMILES string of the molecule is CCCCCN(CCCC1CCNC1)C(C)C. The zero-order valence-corrected chi connectivity index (χ0v) is 12.2. The number of nitrogens with one attached hydrogen (secondary N) is 1. The zero-order valence-electron chi connectivity index (χ0n) is 12.2. The van der Waals surface area contributed by atoms with Gasteiger partial charge in [-0.05, 0) is 71.6 Å². The largest absolute Gasteiger partial charge is 0.316 e. The van der Waals surface area contributed by atoms with Crippen LogP contribution in [0.2, 0.25) is 0 Å². The molecule has 0 aromatic heterocycles. The summed E-state index contributed by atoms with van der Waals surface area (Å²) >= 11 is 0. The van der Waals surface area contributed by atoms with E-state index < -0.39 is 0 Å². The normalized spacial score (nSPS) is 20.6. The van der Waals surface area contributed by atoms with Gasteiger partial charge in [0.15, 0.2) is 0 Å². The minimum absolute atomic E-state index is 0.716. The second kappa shape index (κ2) is 8.93. The lowest BCUT2D eigenvalue weighted by molar-refractivity contribution is 0.209. The highest BCUT2D eigenvalue weighted by molar-refractivity contribution is 4.72. The van der Waals surface area contributed by atoms with Crippen LogP contribution in [0, 0.1) is 5.92 Å². The summed E-state index contributed by atoms with van der Waals surface area (Å²) < 4.78 is 0. The van der Waals surface area contributed by atoms with Crippen LogP contribution in [0.5, 0.6) is 0 Å². The lowest BCUT2D eigenvalue weighted by atomic mass is 10.0. The molecule has 1 saturated heterocycles. The number of hydrogen-bond donors (Lipinski definition) is 1. The molecule has 1 unspecified atom stereocenters. The zero-order chi connectivity index (χ0) is 12.5. The molecule has 1 fully saturated rings. The van der Waals surface area contributed by atoms with Gasteiger partial charge >= 0.3 is 0 Å². The van der Waals surface area contributed by atoms with E-state index in [9.17, 15) is 0 Å². The second-order valence-corrected chi connectivity index (χ2v) is 5.84. The average Bonchev–Trinajstić information content (AvgIpc) is 2.80. The van der Waals surface area contributed by atoms with Gasteiger partial charge in [-0.15, -0.1) is 0 Å². The first kappa shape index (κ1) is 15.0. The summed E-state index contributed by atoms with van der Waals surface area (Å²) in [5, 5.41) is 3.46. The van der Waals surface area contributed by atoms with Gasteiger partial charge in [-0.3, -0.25) is 0 Å². The monoisotopic (exact) mass is 240 g/mol. The van der Waals surface area contributed by atoms with Gasteiger partial charge in [-0.1, -0.05) is 19.8 Å². The van der Waals surface area contributed by atoms with Crippen molar-refractivity contribution >= 4 is 0 Å². The number of unbranched alkanes of at least 4 members (excludes halogenated alkanes) is 2. The Bertz CT molecular complexity index is 174. The third-order valence-corrected chi connectivity index (χ3v) is 4.00.